The molecule has 5 nitrogen and oxygen atoms in total. The van der Waals surface area contributed by atoms with Crippen LogP contribution in [-0.2, 0) is 23.8 Å². The molecule has 0 aromatic carbocycles. The van der Waals surface area contributed by atoms with Gasteiger partial charge in [-0.1, -0.05) is 34.6 Å². The van der Waals surface area contributed by atoms with E-state index in [0.717, 1.165) is 56.5 Å². The van der Waals surface area contributed by atoms with Crippen LogP contribution in [0.3, 0.4) is 0 Å². The zero-order valence-electron chi connectivity index (χ0n) is 22.8. The Morgan fingerprint density at radius 3 is 2.06 bits per heavy atom. The van der Waals surface area contributed by atoms with E-state index in [1.165, 1.54) is 38.5 Å². The van der Waals surface area contributed by atoms with Gasteiger partial charge in [-0.3, -0.25) is 9.59 Å². The number of carbonyl (C=O) groups is 2. The topological polar surface area (TPSA) is 61.8 Å². The third kappa shape index (κ3) is 5.31. The van der Waals surface area contributed by atoms with Gasteiger partial charge in [0, 0.05) is 0 Å². The summed E-state index contributed by atoms with van der Waals surface area (Å²) in [7, 11) is 0. The van der Waals surface area contributed by atoms with E-state index in [4.69, 9.17) is 14.2 Å². The van der Waals surface area contributed by atoms with Crippen molar-refractivity contribution in [1.29, 1.82) is 0 Å². The van der Waals surface area contributed by atoms with Gasteiger partial charge in [0.15, 0.2) is 6.79 Å². The second-order valence-electron chi connectivity index (χ2n) is 15.1. The smallest absolute Gasteiger partial charge is 0.312 e. The molecule has 0 spiro atoms. The average Bonchev–Trinajstić information content (AvgIpc) is 3.29. The molecule has 0 saturated heterocycles. The Bertz CT molecular complexity index is 788. The number of hydrogen-bond acceptors (Lipinski definition) is 5. The van der Waals surface area contributed by atoms with Gasteiger partial charge < -0.3 is 14.2 Å². The highest BCUT2D eigenvalue weighted by Gasteiger charge is 2.68. The predicted molar refractivity (Wildman–Crippen MR) is 134 cm³/mol. The molecule has 3 atom stereocenters. The maximum atomic E-state index is 13.3. The maximum absolute atomic E-state index is 13.3. The molecule has 6 aliphatic rings. The molecule has 0 aromatic rings. The van der Waals surface area contributed by atoms with Crippen LogP contribution < -0.4 is 0 Å². The van der Waals surface area contributed by atoms with Gasteiger partial charge in [0.05, 0.1) is 17.9 Å². The van der Waals surface area contributed by atoms with Crippen LogP contribution in [0.2, 0.25) is 0 Å². The zero-order valence-corrected chi connectivity index (χ0v) is 22.8. The lowest BCUT2D eigenvalue weighted by Crippen LogP contribution is -2.48. The summed E-state index contributed by atoms with van der Waals surface area (Å²) in [5.41, 5.74) is 0.00889. The Balaban J connectivity index is 1.07. The highest BCUT2D eigenvalue weighted by molar-refractivity contribution is 5.82. The van der Waals surface area contributed by atoms with Crippen molar-refractivity contribution in [2.75, 3.05) is 13.4 Å². The molecule has 198 valence electrons. The van der Waals surface area contributed by atoms with Crippen molar-refractivity contribution in [3.63, 3.8) is 0 Å². The fourth-order valence-electron chi connectivity index (χ4n) is 9.01. The fraction of sp³-hybridized carbons (Fsp3) is 0.933. The summed E-state index contributed by atoms with van der Waals surface area (Å²) in [5, 5.41) is 0. The molecule has 6 saturated carbocycles. The average molecular weight is 489 g/mol. The first-order valence-corrected chi connectivity index (χ1v) is 14.3. The molecule has 0 amide bonds. The van der Waals surface area contributed by atoms with Crippen molar-refractivity contribution in [3.8, 4) is 0 Å². The summed E-state index contributed by atoms with van der Waals surface area (Å²) in [6, 6.07) is 0. The molecule has 0 radical (unpaired) electrons. The summed E-state index contributed by atoms with van der Waals surface area (Å²) in [5.74, 6) is 2.26. The van der Waals surface area contributed by atoms with Crippen LogP contribution in [0.5, 0.6) is 0 Å². The van der Waals surface area contributed by atoms with Crippen molar-refractivity contribution >= 4 is 11.9 Å². The Hall–Kier alpha value is -1.10. The fourth-order valence-corrected chi connectivity index (χ4v) is 9.01. The first-order chi connectivity index (χ1) is 16.4. The van der Waals surface area contributed by atoms with Crippen molar-refractivity contribution < 1.29 is 23.8 Å². The van der Waals surface area contributed by atoms with E-state index in [0.29, 0.717) is 11.8 Å². The first-order valence-electron chi connectivity index (χ1n) is 14.3. The predicted octanol–water partition coefficient (Wildman–Crippen LogP) is 6.67. The molecule has 0 heterocycles. The normalized spacial score (nSPS) is 41.5. The van der Waals surface area contributed by atoms with Gasteiger partial charge in [0.25, 0.3) is 0 Å². The molecule has 6 aliphatic carbocycles. The van der Waals surface area contributed by atoms with E-state index in [-0.39, 0.29) is 47.0 Å². The zero-order chi connectivity index (χ0) is 25.1. The van der Waals surface area contributed by atoms with Gasteiger partial charge in [0.2, 0.25) is 0 Å². The van der Waals surface area contributed by atoms with Crippen LogP contribution >= 0.6 is 0 Å². The minimum atomic E-state index is -0.385. The molecule has 6 fully saturated rings. The Morgan fingerprint density at radius 2 is 1.51 bits per heavy atom. The van der Waals surface area contributed by atoms with Crippen LogP contribution in [0.15, 0.2) is 0 Å². The van der Waals surface area contributed by atoms with Crippen LogP contribution in [0, 0.1) is 45.3 Å². The molecule has 35 heavy (non-hydrogen) atoms. The summed E-state index contributed by atoms with van der Waals surface area (Å²) in [6.45, 7) is 11.7. The lowest BCUT2D eigenvalue weighted by Gasteiger charge is -2.56. The van der Waals surface area contributed by atoms with Crippen molar-refractivity contribution in [1.82, 2.24) is 0 Å². The Kier molecular flexibility index (Phi) is 6.59. The third-order valence-electron chi connectivity index (χ3n) is 10.2. The van der Waals surface area contributed by atoms with Crippen LogP contribution in [0.4, 0.5) is 0 Å². The van der Waals surface area contributed by atoms with Crippen molar-refractivity contribution in [3.05, 3.63) is 0 Å². The lowest BCUT2D eigenvalue weighted by atomic mass is 9.50. The van der Waals surface area contributed by atoms with E-state index in [2.05, 4.69) is 34.6 Å². The Labute approximate surface area is 212 Å². The van der Waals surface area contributed by atoms with Gasteiger partial charge in [-0.25, -0.2) is 0 Å². The minimum Gasteiger partial charge on any atom is -0.462 e. The van der Waals surface area contributed by atoms with Crippen LogP contribution in [0.1, 0.15) is 112 Å². The number of carbonyl (C=O) groups excluding carboxylic acids is 2. The van der Waals surface area contributed by atoms with Gasteiger partial charge in [-0.05, 0) is 111 Å². The molecule has 6 rings (SSSR count). The van der Waals surface area contributed by atoms with E-state index in [9.17, 15) is 9.59 Å². The number of hydrogen-bond donors (Lipinski definition) is 0. The van der Waals surface area contributed by atoms with Gasteiger partial charge in [0.1, 0.15) is 6.10 Å². The number of esters is 2. The minimum absolute atomic E-state index is 0.0155. The summed E-state index contributed by atoms with van der Waals surface area (Å²) in [6.07, 6.45) is 12.8. The monoisotopic (exact) mass is 488 g/mol. The molecule has 3 unspecified atom stereocenters. The van der Waals surface area contributed by atoms with Crippen LogP contribution in [-0.4, -0.2) is 31.4 Å². The molecular formula is C30H48O5. The molecule has 4 bridgehead atoms. The number of rotatable bonds is 8. The van der Waals surface area contributed by atoms with E-state index in [1.54, 1.807) is 0 Å². The van der Waals surface area contributed by atoms with Gasteiger partial charge in [-0.15, -0.1) is 0 Å². The van der Waals surface area contributed by atoms with E-state index >= 15 is 0 Å². The summed E-state index contributed by atoms with van der Waals surface area (Å²) >= 11 is 0. The van der Waals surface area contributed by atoms with E-state index < -0.39 is 0 Å². The summed E-state index contributed by atoms with van der Waals surface area (Å²) < 4.78 is 17.6. The molecular weight excluding hydrogens is 440 g/mol. The SMILES string of the molecule is CC(C)(C)CC1(C(=O)OC2CCCC(C(=O)OCOCC34CC5CC(CC(C5)C3)C4)C2)CC1(C)C. The second-order valence-corrected chi connectivity index (χ2v) is 15.1. The summed E-state index contributed by atoms with van der Waals surface area (Å²) in [4.78, 5) is 26.1. The number of ether oxygens (including phenoxy) is 3. The maximum Gasteiger partial charge on any atom is 0.312 e. The molecule has 0 N–H and O–H groups in total. The molecule has 0 aliphatic heterocycles. The third-order valence-corrected chi connectivity index (χ3v) is 10.2. The molecule has 0 aromatic heterocycles. The first kappa shape index (κ1) is 25.5. The molecule has 5 heteroatoms. The van der Waals surface area contributed by atoms with Gasteiger partial charge in [-0.2, -0.15) is 0 Å². The highest BCUT2D eigenvalue weighted by atomic mass is 16.7. The largest absolute Gasteiger partial charge is 0.462 e. The van der Waals surface area contributed by atoms with Crippen molar-refractivity contribution in [2.24, 2.45) is 45.3 Å². The van der Waals surface area contributed by atoms with Crippen LogP contribution in [0.25, 0.3) is 0 Å². The standard InChI is InChI=1S/C30H48O5/c1-27(2,3)16-30(17-28(30,4)5)26(32)35-24-8-6-7-23(12-24)25(31)34-19-33-18-29-13-20-9-21(14-29)11-22(10-20)15-29/h20-24H,6-19H2,1-5H3. The lowest BCUT2D eigenvalue weighted by molar-refractivity contribution is -0.175. The second kappa shape index (κ2) is 9.03. The van der Waals surface area contributed by atoms with Crippen molar-refractivity contribution in [2.45, 2.75) is 118 Å². The highest BCUT2D eigenvalue weighted by Crippen LogP contribution is 2.68. The Morgan fingerprint density at radius 1 is 0.914 bits per heavy atom. The quantitative estimate of drug-likeness (QED) is 0.217. The van der Waals surface area contributed by atoms with E-state index in [1.807, 2.05) is 0 Å². The van der Waals surface area contributed by atoms with Gasteiger partial charge >= 0.3 is 11.9 Å².